The number of nitrogens with one attached hydrogen (secondary N) is 2. The van der Waals surface area contributed by atoms with Gasteiger partial charge in [0.2, 0.25) is 5.91 Å². The van der Waals surface area contributed by atoms with Crippen molar-refractivity contribution in [3.63, 3.8) is 0 Å². The number of anilines is 2. The summed E-state index contributed by atoms with van der Waals surface area (Å²) >= 11 is 5.96. The summed E-state index contributed by atoms with van der Waals surface area (Å²) in [5, 5.41) is 5.63. The van der Waals surface area contributed by atoms with Crippen molar-refractivity contribution in [3.8, 4) is 5.75 Å². The van der Waals surface area contributed by atoms with Crippen molar-refractivity contribution in [3.05, 3.63) is 51.5 Å². The van der Waals surface area contributed by atoms with Gasteiger partial charge in [-0.2, -0.15) is 0 Å². The van der Waals surface area contributed by atoms with Gasteiger partial charge in [-0.3, -0.25) is 9.59 Å². The number of benzene rings is 2. The summed E-state index contributed by atoms with van der Waals surface area (Å²) < 4.78 is 5.15. The molecule has 27 heavy (non-hydrogen) atoms. The molecule has 0 heterocycles. The second kappa shape index (κ2) is 9.48. The lowest BCUT2D eigenvalue weighted by Crippen LogP contribution is -2.33. The minimum absolute atomic E-state index is 0. The fraction of sp³-hybridized carbons (Fsp3) is 0.263. The number of aryl methyl sites for hydroxylation is 3. The summed E-state index contributed by atoms with van der Waals surface area (Å²) in [6, 6.07) is 6.86. The molecule has 0 atom stereocenters. The van der Waals surface area contributed by atoms with E-state index in [0.717, 1.165) is 22.4 Å². The molecule has 8 heteroatoms. The monoisotopic (exact) mass is 411 g/mol. The largest absolute Gasteiger partial charge is 0.496 e. The van der Waals surface area contributed by atoms with Crippen molar-refractivity contribution in [2.24, 2.45) is 0 Å². The van der Waals surface area contributed by atoms with Gasteiger partial charge in [-0.1, -0.05) is 29.3 Å². The number of ether oxygens (including phenoxy) is 1. The zero-order valence-corrected chi connectivity index (χ0v) is 17.2. The zero-order valence-electron chi connectivity index (χ0n) is 15.6. The summed E-state index contributed by atoms with van der Waals surface area (Å²) in [6.07, 6.45) is 0. The Morgan fingerprint density at radius 2 is 1.70 bits per heavy atom. The Labute approximate surface area is 169 Å². The third kappa shape index (κ3) is 5.52. The Bertz CT molecular complexity index is 847. The van der Waals surface area contributed by atoms with E-state index < -0.39 is 5.91 Å². The molecule has 0 fully saturated rings. The fourth-order valence-electron chi connectivity index (χ4n) is 2.73. The maximum Gasteiger partial charge on any atom is 0.255 e. The van der Waals surface area contributed by atoms with Crippen LogP contribution < -0.4 is 21.1 Å². The third-order valence-corrected chi connectivity index (χ3v) is 4.24. The Hall–Kier alpha value is -2.44. The number of hydrogen-bond donors (Lipinski definition) is 3. The van der Waals surface area contributed by atoms with Crippen LogP contribution in [-0.2, 0) is 4.79 Å². The van der Waals surface area contributed by atoms with E-state index >= 15 is 0 Å². The van der Waals surface area contributed by atoms with E-state index in [1.54, 1.807) is 0 Å². The van der Waals surface area contributed by atoms with Crippen molar-refractivity contribution < 1.29 is 14.3 Å². The predicted molar refractivity (Wildman–Crippen MR) is 111 cm³/mol. The van der Waals surface area contributed by atoms with Gasteiger partial charge >= 0.3 is 0 Å². The van der Waals surface area contributed by atoms with Crippen molar-refractivity contribution in [1.82, 2.24) is 5.32 Å². The number of amides is 2. The number of nitrogens with two attached hydrogens (primary N) is 1. The average molecular weight is 412 g/mol. The molecule has 0 aliphatic rings. The van der Waals surface area contributed by atoms with Crippen LogP contribution in [0.25, 0.3) is 0 Å². The van der Waals surface area contributed by atoms with E-state index in [9.17, 15) is 9.59 Å². The van der Waals surface area contributed by atoms with Gasteiger partial charge in [-0.05, 0) is 38.0 Å². The summed E-state index contributed by atoms with van der Waals surface area (Å²) in [5.41, 5.74) is 10.0. The van der Waals surface area contributed by atoms with Gasteiger partial charge in [0.1, 0.15) is 5.75 Å². The van der Waals surface area contributed by atoms with E-state index in [2.05, 4.69) is 10.6 Å². The number of carbonyl (C=O) groups is 2. The molecule has 0 aromatic heterocycles. The SMILES string of the molecule is COc1cc(N)c(Cl)cc1C(=O)NCC(=O)Nc1c(C)cc(C)cc1C.Cl. The highest BCUT2D eigenvalue weighted by molar-refractivity contribution is 6.33. The third-order valence-electron chi connectivity index (χ3n) is 3.91. The lowest BCUT2D eigenvalue weighted by molar-refractivity contribution is -0.115. The molecule has 6 nitrogen and oxygen atoms in total. The number of carbonyl (C=O) groups excluding carboxylic acids is 2. The fourth-order valence-corrected chi connectivity index (χ4v) is 2.90. The number of methoxy groups -OCH3 is 1. The Balaban J connectivity index is 0.00000364. The summed E-state index contributed by atoms with van der Waals surface area (Å²) in [7, 11) is 1.43. The molecule has 0 aliphatic carbocycles. The van der Waals surface area contributed by atoms with E-state index in [-0.39, 0.29) is 41.2 Å². The van der Waals surface area contributed by atoms with Crippen LogP contribution in [-0.4, -0.2) is 25.5 Å². The number of nitrogen functional groups attached to an aromatic ring is 1. The predicted octanol–water partition coefficient (Wildman–Crippen LogP) is 3.65. The first-order valence-corrected chi connectivity index (χ1v) is 8.39. The molecule has 0 radical (unpaired) electrons. The van der Waals surface area contributed by atoms with E-state index in [4.69, 9.17) is 22.1 Å². The van der Waals surface area contributed by atoms with Crippen LogP contribution in [0, 0.1) is 20.8 Å². The van der Waals surface area contributed by atoms with Gasteiger partial charge < -0.3 is 21.1 Å². The Kier molecular flexibility index (Phi) is 7.94. The minimum atomic E-state index is -0.476. The molecule has 0 saturated carbocycles. The van der Waals surface area contributed by atoms with Gasteiger partial charge in [-0.25, -0.2) is 0 Å². The Morgan fingerprint density at radius 1 is 1.11 bits per heavy atom. The number of hydrogen-bond acceptors (Lipinski definition) is 4. The summed E-state index contributed by atoms with van der Waals surface area (Å²) in [5.74, 6) is -0.514. The van der Waals surface area contributed by atoms with Crippen LogP contribution >= 0.6 is 24.0 Å². The molecule has 0 saturated heterocycles. The smallest absolute Gasteiger partial charge is 0.255 e. The molecule has 2 aromatic rings. The van der Waals surface area contributed by atoms with Gasteiger partial charge in [0.05, 0.1) is 29.9 Å². The summed E-state index contributed by atoms with van der Waals surface area (Å²) in [6.45, 7) is 5.67. The van der Waals surface area contributed by atoms with Gasteiger partial charge in [0.25, 0.3) is 5.91 Å². The summed E-state index contributed by atoms with van der Waals surface area (Å²) in [4.78, 5) is 24.6. The van der Waals surface area contributed by atoms with Crippen LogP contribution in [0.4, 0.5) is 11.4 Å². The van der Waals surface area contributed by atoms with Crippen molar-refractivity contribution in [2.45, 2.75) is 20.8 Å². The topological polar surface area (TPSA) is 93.4 Å². The van der Waals surface area contributed by atoms with Crippen molar-refractivity contribution in [1.29, 1.82) is 0 Å². The van der Waals surface area contributed by atoms with Crippen LogP contribution in [0.1, 0.15) is 27.0 Å². The van der Waals surface area contributed by atoms with Crippen LogP contribution in [0.15, 0.2) is 24.3 Å². The molecule has 0 spiro atoms. The second-order valence-corrected chi connectivity index (χ2v) is 6.49. The molecule has 2 rings (SSSR count). The van der Waals surface area contributed by atoms with Crippen molar-refractivity contribution >= 4 is 47.2 Å². The highest BCUT2D eigenvalue weighted by Gasteiger charge is 2.16. The van der Waals surface area contributed by atoms with Gasteiger partial charge in [-0.15, -0.1) is 12.4 Å². The van der Waals surface area contributed by atoms with E-state index in [0.29, 0.717) is 5.69 Å². The number of rotatable bonds is 5. The first-order chi connectivity index (χ1) is 12.2. The van der Waals surface area contributed by atoms with Crippen molar-refractivity contribution in [2.75, 3.05) is 24.7 Å². The van der Waals surface area contributed by atoms with E-state index in [1.165, 1.54) is 19.2 Å². The quantitative estimate of drug-likeness (QED) is 0.654. The molecule has 2 amide bonds. The number of halogens is 2. The normalized spacial score (nSPS) is 9.96. The van der Waals surface area contributed by atoms with Gasteiger partial charge in [0.15, 0.2) is 0 Å². The Morgan fingerprint density at radius 3 is 2.26 bits per heavy atom. The van der Waals surface area contributed by atoms with Crippen LogP contribution in [0.5, 0.6) is 5.75 Å². The lowest BCUT2D eigenvalue weighted by atomic mass is 10.1. The highest BCUT2D eigenvalue weighted by Crippen LogP contribution is 2.28. The molecule has 146 valence electrons. The maximum absolute atomic E-state index is 12.4. The molecule has 4 N–H and O–H groups in total. The van der Waals surface area contributed by atoms with Gasteiger partial charge in [0, 0.05) is 11.8 Å². The van der Waals surface area contributed by atoms with E-state index in [1.807, 2.05) is 32.9 Å². The molecule has 0 unspecified atom stereocenters. The van der Waals surface area contributed by atoms with Crippen LogP contribution in [0.2, 0.25) is 5.02 Å². The average Bonchev–Trinajstić information content (AvgIpc) is 2.57. The lowest BCUT2D eigenvalue weighted by Gasteiger charge is -2.14. The highest BCUT2D eigenvalue weighted by atomic mass is 35.5. The first kappa shape index (κ1) is 22.6. The molecular weight excluding hydrogens is 389 g/mol. The van der Waals surface area contributed by atoms with Crippen LogP contribution in [0.3, 0.4) is 0 Å². The molecular formula is C19H23Cl2N3O3. The minimum Gasteiger partial charge on any atom is -0.496 e. The molecule has 2 aromatic carbocycles. The zero-order chi connectivity index (χ0) is 19.4. The maximum atomic E-state index is 12.4. The first-order valence-electron chi connectivity index (χ1n) is 8.01. The molecule has 0 aliphatic heterocycles. The standard InChI is InChI=1S/C19H22ClN3O3.ClH/c1-10-5-11(2)18(12(3)6-10)23-17(24)9-22-19(25)13-7-14(20)15(21)8-16(13)26-4;/h5-8H,9,21H2,1-4H3,(H,22,25)(H,23,24);1H. The molecule has 0 bridgehead atoms. The second-order valence-electron chi connectivity index (χ2n) is 6.08.